The summed E-state index contributed by atoms with van der Waals surface area (Å²) < 4.78 is 10.4. The molecule has 0 aliphatic heterocycles. The molecule has 1 amide bonds. The van der Waals surface area contributed by atoms with Crippen molar-refractivity contribution in [2.24, 2.45) is 11.8 Å². The van der Waals surface area contributed by atoms with Gasteiger partial charge in [-0.3, -0.25) is 4.79 Å². The third-order valence-electron chi connectivity index (χ3n) is 3.46. The Labute approximate surface area is 148 Å². The van der Waals surface area contributed by atoms with E-state index in [4.69, 9.17) is 21.1 Å². The van der Waals surface area contributed by atoms with Crippen molar-refractivity contribution in [1.29, 1.82) is 0 Å². The second-order valence-electron chi connectivity index (χ2n) is 6.44. The summed E-state index contributed by atoms with van der Waals surface area (Å²) in [6.45, 7) is 9.50. The van der Waals surface area contributed by atoms with E-state index in [1.807, 2.05) is 45.0 Å². The van der Waals surface area contributed by atoms with Crippen LogP contribution in [-0.2, 0) is 14.3 Å². The molecule has 1 N–H and O–H groups in total. The third kappa shape index (κ3) is 6.79. The van der Waals surface area contributed by atoms with Gasteiger partial charge in [0.15, 0.2) is 0 Å². The number of alkyl carbamates (subject to hydrolysis) is 1. The van der Waals surface area contributed by atoms with Crippen molar-refractivity contribution in [1.82, 2.24) is 5.32 Å². The van der Waals surface area contributed by atoms with E-state index in [1.165, 1.54) is 0 Å². The number of carbonyl (C=O) groups is 2. The number of halogens is 1. The molecular formula is C18H26ClNO4. The van der Waals surface area contributed by atoms with Gasteiger partial charge in [-0.2, -0.15) is 0 Å². The lowest BCUT2D eigenvalue weighted by Gasteiger charge is -2.23. The minimum Gasteiger partial charge on any atom is -0.425 e. The summed E-state index contributed by atoms with van der Waals surface area (Å²) >= 11 is 5.86. The average Bonchev–Trinajstić information content (AvgIpc) is 2.52. The van der Waals surface area contributed by atoms with Gasteiger partial charge in [-0.1, -0.05) is 58.4 Å². The number of benzene rings is 1. The van der Waals surface area contributed by atoms with E-state index in [2.05, 4.69) is 5.32 Å². The molecule has 0 saturated heterocycles. The van der Waals surface area contributed by atoms with E-state index in [1.54, 1.807) is 13.8 Å². The number of hydrogen-bond donors (Lipinski definition) is 1. The van der Waals surface area contributed by atoms with E-state index in [-0.39, 0.29) is 17.8 Å². The molecule has 5 nitrogen and oxygen atoms in total. The predicted octanol–water partition coefficient (Wildman–Crippen LogP) is 4.35. The molecule has 0 aliphatic carbocycles. The first-order chi connectivity index (χ1) is 11.2. The molecule has 0 heterocycles. The topological polar surface area (TPSA) is 64.6 Å². The lowest BCUT2D eigenvalue weighted by molar-refractivity contribution is -0.178. The van der Waals surface area contributed by atoms with Gasteiger partial charge in [0.05, 0.1) is 5.92 Å². The minimum atomic E-state index is -0.897. The van der Waals surface area contributed by atoms with Crippen molar-refractivity contribution >= 4 is 23.7 Å². The van der Waals surface area contributed by atoms with Crippen molar-refractivity contribution < 1.29 is 19.1 Å². The Balaban J connectivity index is 2.50. The predicted molar refractivity (Wildman–Crippen MR) is 93.9 cm³/mol. The number of nitrogens with one attached hydrogen (secondary N) is 1. The number of hydrogen-bond acceptors (Lipinski definition) is 4. The molecule has 0 unspecified atom stereocenters. The van der Waals surface area contributed by atoms with Gasteiger partial charge in [0.25, 0.3) is 6.29 Å². The van der Waals surface area contributed by atoms with Crippen LogP contribution in [0.2, 0.25) is 5.02 Å². The first-order valence-corrected chi connectivity index (χ1v) is 8.49. The number of ether oxygens (including phenoxy) is 2. The van der Waals surface area contributed by atoms with Crippen LogP contribution in [0.4, 0.5) is 4.79 Å². The van der Waals surface area contributed by atoms with Crippen LogP contribution in [0, 0.1) is 11.8 Å². The Bertz CT molecular complexity index is 542. The molecule has 0 spiro atoms. The minimum absolute atomic E-state index is 0.102. The highest BCUT2D eigenvalue weighted by Crippen LogP contribution is 2.17. The highest BCUT2D eigenvalue weighted by molar-refractivity contribution is 6.30. The second kappa shape index (κ2) is 9.52. The highest BCUT2D eigenvalue weighted by atomic mass is 35.5. The molecule has 1 rings (SSSR count). The van der Waals surface area contributed by atoms with Crippen molar-refractivity contribution in [3.63, 3.8) is 0 Å². The SMILES string of the molecule is CC(C)C(=O)O[C@H](OC(=O)NC[C@H](C)c1ccc(Cl)cc1)C(C)C. The van der Waals surface area contributed by atoms with Crippen LogP contribution in [0.25, 0.3) is 0 Å². The van der Waals surface area contributed by atoms with E-state index in [0.717, 1.165) is 5.56 Å². The summed E-state index contributed by atoms with van der Waals surface area (Å²) in [5.41, 5.74) is 1.06. The fourth-order valence-electron chi connectivity index (χ4n) is 1.84. The van der Waals surface area contributed by atoms with Crippen molar-refractivity contribution in [3.05, 3.63) is 34.9 Å². The van der Waals surface area contributed by atoms with Gasteiger partial charge >= 0.3 is 12.1 Å². The van der Waals surface area contributed by atoms with Crippen LogP contribution in [0.5, 0.6) is 0 Å². The fourth-order valence-corrected chi connectivity index (χ4v) is 1.97. The first-order valence-electron chi connectivity index (χ1n) is 8.11. The van der Waals surface area contributed by atoms with Crippen LogP contribution < -0.4 is 5.32 Å². The standard InChI is InChI=1S/C18H26ClNO4/c1-11(2)16(21)23-17(12(3)4)24-18(22)20-10-13(5)14-6-8-15(19)9-7-14/h6-9,11-13,17H,10H2,1-5H3,(H,20,22)/t13-,17+/m0/s1. The lowest BCUT2D eigenvalue weighted by atomic mass is 10.0. The second-order valence-corrected chi connectivity index (χ2v) is 6.88. The summed E-state index contributed by atoms with van der Waals surface area (Å²) in [5, 5.41) is 3.37. The van der Waals surface area contributed by atoms with E-state index < -0.39 is 18.4 Å². The van der Waals surface area contributed by atoms with Crippen molar-refractivity contribution in [3.8, 4) is 0 Å². The fraction of sp³-hybridized carbons (Fsp3) is 0.556. The van der Waals surface area contributed by atoms with Gasteiger partial charge in [0.1, 0.15) is 0 Å². The molecule has 24 heavy (non-hydrogen) atoms. The zero-order chi connectivity index (χ0) is 18.3. The average molecular weight is 356 g/mol. The molecule has 1 aromatic rings. The smallest absolute Gasteiger partial charge is 0.410 e. The van der Waals surface area contributed by atoms with E-state index in [9.17, 15) is 9.59 Å². The summed E-state index contributed by atoms with van der Waals surface area (Å²) in [7, 11) is 0. The van der Waals surface area contributed by atoms with Gasteiger partial charge in [-0.15, -0.1) is 0 Å². The molecule has 0 saturated carbocycles. The summed E-state index contributed by atoms with van der Waals surface area (Å²) in [6.07, 6.45) is -1.50. The van der Waals surface area contributed by atoms with Crippen LogP contribution in [0.1, 0.15) is 46.1 Å². The largest absolute Gasteiger partial charge is 0.425 e. The maximum absolute atomic E-state index is 12.0. The summed E-state index contributed by atoms with van der Waals surface area (Å²) in [6, 6.07) is 7.46. The quantitative estimate of drug-likeness (QED) is 0.583. The molecule has 2 atom stereocenters. The molecular weight excluding hydrogens is 330 g/mol. The molecule has 0 aliphatic rings. The summed E-state index contributed by atoms with van der Waals surface area (Å²) in [5.74, 6) is -0.698. The number of esters is 1. The van der Waals surface area contributed by atoms with Gasteiger partial charge in [-0.05, 0) is 23.6 Å². The molecule has 0 radical (unpaired) electrons. The third-order valence-corrected chi connectivity index (χ3v) is 3.71. The molecule has 0 bridgehead atoms. The zero-order valence-corrected chi connectivity index (χ0v) is 15.6. The Hall–Kier alpha value is -1.75. The van der Waals surface area contributed by atoms with Crippen LogP contribution in [0.3, 0.4) is 0 Å². The lowest BCUT2D eigenvalue weighted by Crippen LogP contribution is -2.36. The molecule has 1 aromatic carbocycles. The van der Waals surface area contributed by atoms with Gasteiger partial charge < -0.3 is 14.8 Å². The number of carbonyl (C=O) groups excluding carboxylic acids is 2. The van der Waals surface area contributed by atoms with Crippen LogP contribution in [-0.4, -0.2) is 24.9 Å². The maximum atomic E-state index is 12.0. The van der Waals surface area contributed by atoms with Gasteiger partial charge in [0.2, 0.25) is 0 Å². The van der Waals surface area contributed by atoms with E-state index in [0.29, 0.717) is 11.6 Å². The van der Waals surface area contributed by atoms with Crippen molar-refractivity contribution in [2.75, 3.05) is 6.54 Å². The Morgan fingerprint density at radius 2 is 1.62 bits per heavy atom. The highest BCUT2D eigenvalue weighted by Gasteiger charge is 2.24. The Kier molecular flexibility index (Phi) is 8.05. The zero-order valence-electron chi connectivity index (χ0n) is 14.8. The Morgan fingerprint density at radius 3 is 2.12 bits per heavy atom. The van der Waals surface area contributed by atoms with Gasteiger partial charge in [-0.25, -0.2) is 4.79 Å². The number of rotatable bonds is 7. The molecule has 134 valence electrons. The molecule has 0 fully saturated rings. The molecule has 0 aromatic heterocycles. The normalized spacial score (nSPS) is 13.5. The maximum Gasteiger partial charge on any atom is 0.410 e. The van der Waals surface area contributed by atoms with Crippen LogP contribution in [0.15, 0.2) is 24.3 Å². The monoisotopic (exact) mass is 355 g/mol. The van der Waals surface area contributed by atoms with Crippen LogP contribution >= 0.6 is 11.6 Å². The van der Waals surface area contributed by atoms with Crippen molar-refractivity contribution in [2.45, 2.75) is 46.8 Å². The van der Waals surface area contributed by atoms with E-state index >= 15 is 0 Å². The number of amides is 1. The van der Waals surface area contributed by atoms with Gasteiger partial charge in [0, 0.05) is 17.5 Å². The Morgan fingerprint density at radius 1 is 1.04 bits per heavy atom. The summed E-state index contributed by atoms with van der Waals surface area (Å²) in [4.78, 5) is 23.6. The first kappa shape index (κ1) is 20.3. The molecule has 6 heteroatoms.